The van der Waals surface area contributed by atoms with Crippen molar-refractivity contribution in [3.63, 3.8) is 0 Å². The zero-order chi connectivity index (χ0) is 18.9. The van der Waals surface area contributed by atoms with Crippen LogP contribution in [-0.4, -0.2) is 36.4 Å². The number of methoxy groups -OCH3 is 1. The van der Waals surface area contributed by atoms with Gasteiger partial charge in [-0.15, -0.1) is 0 Å². The molecule has 0 saturated heterocycles. The van der Waals surface area contributed by atoms with E-state index < -0.39 is 0 Å². The van der Waals surface area contributed by atoms with Gasteiger partial charge in [-0.2, -0.15) is 0 Å². The first-order chi connectivity index (χ1) is 12.5. The normalized spacial score (nSPS) is 40.4. The molecule has 0 amide bonds. The van der Waals surface area contributed by atoms with Crippen molar-refractivity contribution in [1.29, 1.82) is 0 Å². The van der Waals surface area contributed by atoms with Crippen LogP contribution < -0.4 is 0 Å². The van der Waals surface area contributed by atoms with Crippen molar-refractivity contribution in [1.82, 2.24) is 0 Å². The zero-order valence-electron chi connectivity index (χ0n) is 16.9. The second kappa shape index (κ2) is 8.44. The third-order valence-electron chi connectivity index (χ3n) is 8.55. The molecule has 0 spiro atoms. The van der Waals surface area contributed by atoms with Gasteiger partial charge in [-0.05, 0) is 74.0 Å². The molecule has 5 nitrogen and oxygen atoms in total. The van der Waals surface area contributed by atoms with Gasteiger partial charge in [0.25, 0.3) is 0 Å². The average Bonchev–Trinajstić information content (AvgIpc) is 2.64. The molecule has 152 valence electrons. The van der Waals surface area contributed by atoms with E-state index in [1.54, 1.807) is 7.11 Å². The van der Waals surface area contributed by atoms with Crippen LogP contribution >= 0.6 is 0 Å². The molecule has 0 aromatic carbocycles. The molecule has 4 aliphatic rings. The fraction of sp³-hybridized carbons (Fsp3) is 1.00. The van der Waals surface area contributed by atoms with Gasteiger partial charge in [0.05, 0.1) is 6.10 Å². The van der Waals surface area contributed by atoms with Crippen molar-refractivity contribution in [2.45, 2.75) is 77.9 Å². The lowest BCUT2D eigenvalue weighted by atomic mass is 9.42. The van der Waals surface area contributed by atoms with E-state index in [2.05, 4.69) is 20.8 Å². The Bertz CT molecular complexity index is 426. The second-order valence-electron chi connectivity index (χ2n) is 9.44. The summed E-state index contributed by atoms with van der Waals surface area (Å²) in [5.41, 5.74) is 0.0527. The minimum atomic E-state index is -0.312. The molecule has 4 bridgehead atoms. The first kappa shape index (κ1) is 20.5. The van der Waals surface area contributed by atoms with E-state index in [0.717, 1.165) is 18.3 Å². The van der Waals surface area contributed by atoms with Gasteiger partial charge in [-0.1, -0.05) is 20.8 Å². The van der Waals surface area contributed by atoms with Crippen LogP contribution in [0.3, 0.4) is 0 Å². The van der Waals surface area contributed by atoms with Crippen LogP contribution in [0, 0.1) is 40.9 Å². The van der Waals surface area contributed by atoms with Gasteiger partial charge in [0, 0.05) is 25.6 Å². The molecule has 0 aromatic heterocycles. The van der Waals surface area contributed by atoms with Crippen molar-refractivity contribution in [3.8, 4) is 0 Å². The van der Waals surface area contributed by atoms with Crippen molar-refractivity contribution >= 4 is 0 Å². The van der Waals surface area contributed by atoms with Gasteiger partial charge < -0.3 is 4.74 Å². The van der Waals surface area contributed by atoms with Crippen LogP contribution in [0.5, 0.6) is 0 Å². The van der Waals surface area contributed by atoms with E-state index in [0.29, 0.717) is 24.9 Å². The second-order valence-corrected chi connectivity index (χ2v) is 9.44. The molecule has 2 N–H and O–H groups in total. The molecule has 4 fully saturated rings. The lowest BCUT2D eigenvalue weighted by molar-refractivity contribution is -0.353. The topological polar surface area (TPSA) is 68.2 Å². The van der Waals surface area contributed by atoms with Crippen molar-refractivity contribution in [2.75, 3.05) is 13.7 Å². The lowest BCUT2D eigenvalue weighted by Crippen LogP contribution is -2.60. The highest BCUT2D eigenvalue weighted by molar-refractivity contribution is 5.09. The summed E-state index contributed by atoms with van der Waals surface area (Å²) in [6.45, 7) is 7.05. The fourth-order valence-corrected chi connectivity index (χ4v) is 7.25. The third kappa shape index (κ3) is 3.35. The van der Waals surface area contributed by atoms with Crippen LogP contribution in [0.2, 0.25) is 0 Å². The molecule has 4 saturated carbocycles. The molecule has 26 heavy (non-hydrogen) atoms. The molecule has 0 aliphatic heterocycles. The molecule has 4 aliphatic carbocycles. The van der Waals surface area contributed by atoms with Crippen LogP contribution in [0.4, 0.5) is 0 Å². The molecular weight excluding hydrogens is 332 g/mol. The SMILES string of the molecule is CCC1(C(OO)C(C)C(C)C(CCOC)OO)C2CC3CC(C2)CC1C3. The highest BCUT2D eigenvalue weighted by atomic mass is 17.1. The summed E-state index contributed by atoms with van der Waals surface area (Å²) in [6, 6.07) is 0. The van der Waals surface area contributed by atoms with E-state index in [1.807, 2.05) is 0 Å². The van der Waals surface area contributed by atoms with Crippen molar-refractivity contribution in [3.05, 3.63) is 0 Å². The van der Waals surface area contributed by atoms with Gasteiger partial charge in [0.1, 0.15) is 6.10 Å². The van der Waals surface area contributed by atoms with E-state index >= 15 is 0 Å². The summed E-state index contributed by atoms with van der Waals surface area (Å²) < 4.78 is 5.15. The maximum Gasteiger partial charge on any atom is 0.102 e. The van der Waals surface area contributed by atoms with E-state index in [-0.39, 0.29) is 29.5 Å². The Labute approximate surface area is 158 Å². The average molecular weight is 371 g/mol. The summed E-state index contributed by atoms with van der Waals surface area (Å²) >= 11 is 0. The quantitative estimate of drug-likeness (QED) is 0.424. The van der Waals surface area contributed by atoms with Crippen LogP contribution in [0.15, 0.2) is 0 Å². The van der Waals surface area contributed by atoms with Gasteiger partial charge in [-0.3, -0.25) is 10.5 Å². The largest absolute Gasteiger partial charge is 0.385 e. The van der Waals surface area contributed by atoms with E-state index in [4.69, 9.17) is 14.5 Å². The number of rotatable bonds is 10. The van der Waals surface area contributed by atoms with E-state index in [1.165, 1.54) is 32.1 Å². The third-order valence-corrected chi connectivity index (χ3v) is 8.55. The Morgan fingerprint density at radius 1 is 0.923 bits per heavy atom. The molecule has 0 aromatic rings. The Morgan fingerprint density at radius 3 is 1.92 bits per heavy atom. The minimum Gasteiger partial charge on any atom is -0.385 e. The van der Waals surface area contributed by atoms with Crippen molar-refractivity contribution in [2.24, 2.45) is 40.9 Å². The monoisotopic (exact) mass is 370 g/mol. The Balaban J connectivity index is 1.81. The maximum atomic E-state index is 10.0. The molecule has 0 radical (unpaired) electrons. The minimum absolute atomic E-state index is 0.0527. The summed E-state index contributed by atoms with van der Waals surface area (Å²) in [5.74, 6) is 3.24. The molecular formula is C21H38O5. The number of hydrogen-bond acceptors (Lipinski definition) is 5. The van der Waals surface area contributed by atoms with Gasteiger partial charge in [0.15, 0.2) is 0 Å². The van der Waals surface area contributed by atoms with Crippen LogP contribution in [-0.2, 0) is 14.5 Å². The Morgan fingerprint density at radius 2 is 1.50 bits per heavy atom. The zero-order valence-corrected chi connectivity index (χ0v) is 16.9. The summed E-state index contributed by atoms with van der Waals surface area (Å²) in [4.78, 5) is 10.1. The lowest BCUT2D eigenvalue weighted by Gasteiger charge is -2.64. The van der Waals surface area contributed by atoms with Crippen LogP contribution in [0.1, 0.15) is 65.7 Å². The Hall–Kier alpha value is -0.200. The van der Waals surface area contributed by atoms with Gasteiger partial charge >= 0.3 is 0 Å². The molecule has 4 unspecified atom stereocenters. The number of hydrogen-bond donors (Lipinski definition) is 2. The molecule has 4 rings (SSSR count). The predicted octanol–water partition coefficient (Wildman–Crippen LogP) is 4.86. The van der Waals surface area contributed by atoms with E-state index in [9.17, 15) is 10.5 Å². The molecule has 4 atom stereocenters. The first-order valence-electron chi connectivity index (χ1n) is 10.6. The highest BCUT2D eigenvalue weighted by Crippen LogP contribution is 2.66. The summed E-state index contributed by atoms with van der Waals surface area (Å²) in [5, 5.41) is 19.4. The standard InChI is InChI=1S/C21H38O5/c1-5-21(17-9-15-8-16(11-17)12-18(21)10-15)20(26-23)14(3)13(2)19(25-22)6-7-24-4/h13-20,22-23H,5-12H2,1-4H3. The van der Waals surface area contributed by atoms with Gasteiger partial charge in [0.2, 0.25) is 0 Å². The summed E-state index contributed by atoms with van der Waals surface area (Å²) in [7, 11) is 1.66. The van der Waals surface area contributed by atoms with Crippen LogP contribution in [0.25, 0.3) is 0 Å². The fourth-order valence-electron chi connectivity index (χ4n) is 7.25. The maximum absolute atomic E-state index is 10.0. The molecule has 0 heterocycles. The summed E-state index contributed by atoms with van der Waals surface area (Å²) in [6.07, 6.45) is 7.76. The first-order valence-corrected chi connectivity index (χ1v) is 10.6. The number of ether oxygens (including phenoxy) is 1. The molecule has 5 heteroatoms. The predicted molar refractivity (Wildman–Crippen MR) is 99.6 cm³/mol. The van der Waals surface area contributed by atoms with Gasteiger partial charge in [-0.25, -0.2) is 9.78 Å². The smallest absolute Gasteiger partial charge is 0.102 e. The Kier molecular flexibility index (Phi) is 6.66. The highest BCUT2D eigenvalue weighted by Gasteiger charge is 2.61. The van der Waals surface area contributed by atoms with Crippen molar-refractivity contribution < 1.29 is 25.0 Å².